The van der Waals surface area contributed by atoms with Crippen molar-refractivity contribution in [2.24, 2.45) is 0 Å². The predicted octanol–water partition coefficient (Wildman–Crippen LogP) is 4.66. The number of hydrogen-bond acceptors (Lipinski definition) is 2. The molecule has 0 bridgehead atoms. The molecule has 0 aliphatic heterocycles. The summed E-state index contributed by atoms with van der Waals surface area (Å²) in [4.78, 5) is 12.0. The van der Waals surface area contributed by atoms with Crippen LogP contribution < -0.4 is 10.6 Å². The van der Waals surface area contributed by atoms with Gasteiger partial charge in [-0.15, -0.1) is 0 Å². The van der Waals surface area contributed by atoms with E-state index in [1.807, 2.05) is 32.0 Å². The van der Waals surface area contributed by atoms with E-state index in [9.17, 15) is 4.79 Å². The van der Waals surface area contributed by atoms with E-state index < -0.39 is 0 Å². The minimum Gasteiger partial charge on any atom is -0.375 e. The van der Waals surface area contributed by atoms with E-state index in [1.165, 1.54) is 0 Å². The van der Waals surface area contributed by atoms with E-state index in [1.54, 1.807) is 18.2 Å². The molecule has 0 aliphatic rings. The van der Waals surface area contributed by atoms with Crippen molar-refractivity contribution >= 4 is 40.5 Å². The second-order valence-electron chi connectivity index (χ2n) is 4.84. The van der Waals surface area contributed by atoms with Crippen LogP contribution in [0, 0.1) is 13.8 Å². The van der Waals surface area contributed by atoms with Gasteiger partial charge in [-0.1, -0.05) is 40.9 Å². The first-order chi connectivity index (χ1) is 9.95. The number of benzene rings is 2. The van der Waals surface area contributed by atoms with Crippen molar-refractivity contribution in [3.63, 3.8) is 0 Å². The third-order valence-corrected chi connectivity index (χ3v) is 3.59. The Kier molecular flexibility index (Phi) is 5.10. The third kappa shape index (κ3) is 4.38. The minimum atomic E-state index is -0.141. The third-order valence-electron chi connectivity index (χ3n) is 3.02. The van der Waals surface area contributed by atoms with Gasteiger partial charge in [-0.05, 0) is 43.7 Å². The molecule has 0 radical (unpaired) electrons. The molecule has 2 aromatic rings. The molecule has 3 nitrogen and oxygen atoms in total. The highest BCUT2D eigenvalue weighted by molar-refractivity contribution is 6.35. The molecule has 1 amide bonds. The van der Waals surface area contributed by atoms with Gasteiger partial charge in [0, 0.05) is 10.7 Å². The van der Waals surface area contributed by atoms with Gasteiger partial charge in [-0.25, -0.2) is 0 Å². The summed E-state index contributed by atoms with van der Waals surface area (Å²) in [6.45, 7) is 4.10. The molecule has 2 aromatic carbocycles. The lowest BCUT2D eigenvalue weighted by Gasteiger charge is -2.11. The van der Waals surface area contributed by atoms with Crippen LogP contribution in [0.5, 0.6) is 0 Å². The number of amides is 1. The highest BCUT2D eigenvalue weighted by Gasteiger charge is 2.07. The van der Waals surface area contributed by atoms with Crippen LogP contribution in [-0.2, 0) is 4.79 Å². The fourth-order valence-corrected chi connectivity index (χ4v) is 2.31. The molecule has 0 aliphatic carbocycles. The van der Waals surface area contributed by atoms with Crippen molar-refractivity contribution in [3.8, 4) is 0 Å². The standard InChI is InChI=1S/C16H16Cl2N2O/c1-10-3-6-14(11(2)7-10)20-16(21)9-19-15-8-12(17)4-5-13(15)18/h3-8,19H,9H2,1-2H3,(H,20,21). The Bertz CT molecular complexity index is 671. The molecule has 0 aromatic heterocycles. The molecule has 2 N–H and O–H groups in total. The van der Waals surface area contributed by atoms with Crippen LogP contribution in [0.3, 0.4) is 0 Å². The van der Waals surface area contributed by atoms with Crippen LogP contribution in [0.1, 0.15) is 11.1 Å². The molecule has 0 unspecified atom stereocenters. The van der Waals surface area contributed by atoms with Gasteiger partial charge >= 0.3 is 0 Å². The Balaban J connectivity index is 1.97. The van der Waals surface area contributed by atoms with Gasteiger partial charge in [0.25, 0.3) is 0 Å². The van der Waals surface area contributed by atoms with Crippen LogP contribution in [0.25, 0.3) is 0 Å². The first-order valence-corrected chi connectivity index (χ1v) is 7.27. The number of aryl methyl sites for hydroxylation is 2. The lowest BCUT2D eigenvalue weighted by Crippen LogP contribution is -2.22. The average Bonchev–Trinajstić information content (AvgIpc) is 2.43. The number of nitrogens with one attached hydrogen (secondary N) is 2. The molecule has 0 heterocycles. The molecule has 0 atom stereocenters. The van der Waals surface area contributed by atoms with Crippen molar-refractivity contribution in [2.45, 2.75) is 13.8 Å². The summed E-state index contributed by atoms with van der Waals surface area (Å²) in [6.07, 6.45) is 0. The zero-order valence-corrected chi connectivity index (χ0v) is 13.3. The Hall–Kier alpha value is -1.71. The van der Waals surface area contributed by atoms with Crippen molar-refractivity contribution in [2.75, 3.05) is 17.2 Å². The summed E-state index contributed by atoms with van der Waals surface area (Å²) < 4.78 is 0. The summed E-state index contributed by atoms with van der Waals surface area (Å²) in [5, 5.41) is 6.93. The summed E-state index contributed by atoms with van der Waals surface area (Å²) in [6, 6.07) is 11.0. The molecule has 0 spiro atoms. The summed E-state index contributed by atoms with van der Waals surface area (Å²) >= 11 is 11.9. The maximum absolute atomic E-state index is 12.0. The van der Waals surface area contributed by atoms with Crippen LogP contribution >= 0.6 is 23.2 Å². The summed E-state index contributed by atoms with van der Waals surface area (Å²) in [5.41, 5.74) is 3.64. The Morgan fingerprint density at radius 2 is 1.81 bits per heavy atom. The highest BCUT2D eigenvalue weighted by atomic mass is 35.5. The first-order valence-electron chi connectivity index (χ1n) is 6.52. The van der Waals surface area contributed by atoms with Gasteiger partial charge in [0.05, 0.1) is 17.3 Å². The van der Waals surface area contributed by atoms with Crippen LogP contribution in [0.15, 0.2) is 36.4 Å². The van der Waals surface area contributed by atoms with E-state index in [0.29, 0.717) is 15.7 Å². The van der Waals surface area contributed by atoms with E-state index in [0.717, 1.165) is 16.8 Å². The smallest absolute Gasteiger partial charge is 0.243 e. The average molecular weight is 323 g/mol. The monoisotopic (exact) mass is 322 g/mol. The maximum Gasteiger partial charge on any atom is 0.243 e. The molecule has 0 saturated heterocycles. The van der Waals surface area contributed by atoms with Gasteiger partial charge in [0.2, 0.25) is 5.91 Å². The van der Waals surface area contributed by atoms with Crippen molar-refractivity contribution in [3.05, 3.63) is 57.6 Å². The maximum atomic E-state index is 12.0. The zero-order valence-electron chi connectivity index (χ0n) is 11.8. The minimum absolute atomic E-state index is 0.118. The molecular formula is C16H16Cl2N2O. The fourth-order valence-electron chi connectivity index (χ4n) is 1.96. The normalized spacial score (nSPS) is 10.3. The molecule has 5 heteroatoms. The number of carbonyl (C=O) groups is 1. The van der Waals surface area contributed by atoms with Gasteiger partial charge in [0.15, 0.2) is 0 Å². The SMILES string of the molecule is Cc1ccc(NC(=O)CNc2cc(Cl)ccc2Cl)c(C)c1. The second kappa shape index (κ2) is 6.83. The van der Waals surface area contributed by atoms with Crippen molar-refractivity contribution in [1.82, 2.24) is 0 Å². The molecule has 2 rings (SSSR count). The van der Waals surface area contributed by atoms with Gasteiger partial charge in [0.1, 0.15) is 0 Å². The first kappa shape index (κ1) is 15.7. The van der Waals surface area contributed by atoms with Gasteiger partial charge < -0.3 is 10.6 Å². The van der Waals surface area contributed by atoms with E-state index in [-0.39, 0.29) is 12.5 Å². The van der Waals surface area contributed by atoms with E-state index in [4.69, 9.17) is 23.2 Å². The molecule has 21 heavy (non-hydrogen) atoms. The second-order valence-corrected chi connectivity index (χ2v) is 5.69. The predicted molar refractivity (Wildman–Crippen MR) is 89.5 cm³/mol. The summed E-state index contributed by atoms with van der Waals surface area (Å²) in [7, 11) is 0. The topological polar surface area (TPSA) is 41.1 Å². The number of rotatable bonds is 4. The van der Waals surface area contributed by atoms with Crippen LogP contribution in [0.2, 0.25) is 10.0 Å². The van der Waals surface area contributed by atoms with Crippen LogP contribution in [0.4, 0.5) is 11.4 Å². The van der Waals surface area contributed by atoms with E-state index >= 15 is 0 Å². The zero-order chi connectivity index (χ0) is 15.4. The van der Waals surface area contributed by atoms with Crippen LogP contribution in [-0.4, -0.2) is 12.5 Å². The molecule has 0 saturated carbocycles. The Morgan fingerprint density at radius 1 is 1.05 bits per heavy atom. The fraction of sp³-hybridized carbons (Fsp3) is 0.188. The number of anilines is 2. The molecule has 110 valence electrons. The lowest BCUT2D eigenvalue weighted by atomic mass is 10.1. The van der Waals surface area contributed by atoms with Gasteiger partial charge in [-0.2, -0.15) is 0 Å². The Labute approximate surface area is 134 Å². The molecular weight excluding hydrogens is 307 g/mol. The molecule has 0 fully saturated rings. The lowest BCUT2D eigenvalue weighted by molar-refractivity contribution is -0.114. The van der Waals surface area contributed by atoms with E-state index in [2.05, 4.69) is 10.6 Å². The van der Waals surface area contributed by atoms with Gasteiger partial charge in [-0.3, -0.25) is 4.79 Å². The number of halogens is 2. The number of carbonyl (C=O) groups excluding carboxylic acids is 1. The largest absolute Gasteiger partial charge is 0.375 e. The number of hydrogen-bond donors (Lipinski definition) is 2. The highest BCUT2D eigenvalue weighted by Crippen LogP contribution is 2.25. The Morgan fingerprint density at radius 3 is 2.52 bits per heavy atom. The summed E-state index contributed by atoms with van der Waals surface area (Å²) in [5.74, 6) is -0.141. The quantitative estimate of drug-likeness (QED) is 0.859. The van der Waals surface area contributed by atoms with Crippen molar-refractivity contribution < 1.29 is 4.79 Å². The van der Waals surface area contributed by atoms with Crippen molar-refractivity contribution in [1.29, 1.82) is 0 Å².